The summed E-state index contributed by atoms with van der Waals surface area (Å²) in [6, 6.07) is 21.2. The van der Waals surface area contributed by atoms with Gasteiger partial charge in [-0.15, -0.1) is 0 Å². The Bertz CT molecular complexity index is 964. The molecule has 0 spiro atoms. The molecular formula is C24H26N4O2. The smallest absolute Gasteiger partial charge is 0.239 e. The minimum Gasteiger partial charge on any atom is -0.497 e. The number of aromatic nitrogens is 1. The minimum absolute atomic E-state index is 0.0499. The van der Waals surface area contributed by atoms with Crippen molar-refractivity contribution in [3.05, 3.63) is 95.8 Å². The van der Waals surface area contributed by atoms with Crippen LogP contribution in [0.3, 0.4) is 0 Å². The second kappa shape index (κ2) is 9.07. The number of ether oxygens (including phenoxy) is 1. The lowest BCUT2D eigenvalue weighted by Crippen LogP contribution is -2.46. The topological polar surface area (TPSA) is 75.3 Å². The summed E-state index contributed by atoms with van der Waals surface area (Å²) in [4.78, 5) is 17.4. The van der Waals surface area contributed by atoms with E-state index >= 15 is 0 Å². The molecule has 30 heavy (non-hydrogen) atoms. The lowest BCUT2D eigenvalue weighted by molar-refractivity contribution is -0.124. The zero-order valence-electron chi connectivity index (χ0n) is 17.1. The molecule has 6 nitrogen and oxygen atoms in total. The molecule has 0 saturated carbocycles. The summed E-state index contributed by atoms with van der Waals surface area (Å²) in [5.74, 6) is 0.812. The van der Waals surface area contributed by atoms with Crippen LogP contribution in [0.25, 0.3) is 0 Å². The van der Waals surface area contributed by atoms with E-state index in [1.807, 2.05) is 54.6 Å². The van der Waals surface area contributed by atoms with E-state index < -0.39 is 0 Å². The second-order valence-electron chi connectivity index (χ2n) is 7.51. The molecule has 1 aromatic heterocycles. The lowest BCUT2D eigenvalue weighted by Gasteiger charge is -2.24. The highest BCUT2D eigenvalue weighted by atomic mass is 16.5. The molecule has 4 atom stereocenters. The molecule has 4 unspecified atom stereocenters. The summed E-state index contributed by atoms with van der Waals surface area (Å²) in [7, 11) is 1.64. The summed E-state index contributed by atoms with van der Waals surface area (Å²) >= 11 is 0. The Morgan fingerprint density at radius 1 is 0.967 bits per heavy atom. The number of hydrazine groups is 1. The summed E-state index contributed by atoms with van der Waals surface area (Å²) < 4.78 is 5.27. The molecule has 0 bridgehead atoms. The Morgan fingerprint density at radius 3 is 2.30 bits per heavy atom. The van der Waals surface area contributed by atoms with Crippen molar-refractivity contribution in [2.24, 2.45) is 5.92 Å². The van der Waals surface area contributed by atoms with Crippen LogP contribution in [0.15, 0.2) is 79.1 Å². The number of carbonyl (C=O) groups excluding carboxylic acids is 1. The predicted molar refractivity (Wildman–Crippen MR) is 116 cm³/mol. The molecular weight excluding hydrogens is 376 g/mol. The summed E-state index contributed by atoms with van der Waals surface area (Å²) in [5, 5.41) is 3.22. The van der Waals surface area contributed by atoms with Gasteiger partial charge in [-0.05, 0) is 41.0 Å². The quantitative estimate of drug-likeness (QED) is 0.591. The third-order valence-corrected chi connectivity index (χ3v) is 5.66. The van der Waals surface area contributed by atoms with Crippen molar-refractivity contribution < 1.29 is 9.53 Å². The number of methoxy groups -OCH3 is 1. The highest BCUT2D eigenvalue weighted by Crippen LogP contribution is 2.30. The van der Waals surface area contributed by atoms with Crippen molar-refractivity contribution in [1.82, 2.24) is 21.2 Å². The van der Waals surface area contributed by atoms with E-state index in [-0.39, 0.29) is 30.0 Å². The fourth-order valence-electron chi connectivity index (χ4n) is 3.93. The van der Waals surface area contributed by atoms with Crippen LogP contribution in [-0.2, 0) is 4.79 Å². The first-order valence-electron chi connectivity index (χ1n) is 10.1. The number of rotatable bonds is 6. The Labute approximate surface area is 176 Å². The standard InChI is InChI=1S/C24H26N4O2/c1-16-21(17-6-4-3-5-7-17)27-28-22(16)24(29)26-23(19-12-14-25-15-13-19)18-8-10-20(30-2)11-9-18/h3-16,21-23,27-28H,1-2H3,(H,26,29). The normalized spacial score (nSPS) is 21.7. The van der Waals surface area contributed by atoms with Crippen LogP contribution < -0.4 is 20.9 Å². The van der Waals surface area contributed by atoms with E-state index in [0.717, 1.165) is 22.4 Å². The Morgan fingerprint density at radius 2 is 1.63 bits per heavy atom. The van der Waals surface area contributed by atoms with E-state index in [2.05, 4.69) is 40.2 Å². The molecule has 2 aromatic carbocycles. The average Bonchev–Trinajstić information content (AvgIpc) is 3.20. The molecule has 4 rings (SSSR count). The van der Waals surface area contributed by atoms with E-state index in [0.29, 0.717) is 0 Å². The van der Waals surface area contributed by atoms with Gasteiger partial charge in [0.1, 0.15) is 11.8 Å². The molecule has 3 N–H and O–H groups in total. The molecule has 1 saturated heterocycles. The number of hydrogen-bond acceptors (Lipinski definition) is 5. The van der Waals surface area contributed by atoms with Crippen LogP contribution in [-0.4, -0.2) is 24.0 Å². The molecule has 1 amide bonds. The van der Waals surface area contributed by atoms with Gasteiger partial charge in [0.2, 0.25) is 5.91 Å². The van der Waals surface area contributed by atoms with Crippen molar-refractivity contribution >= 4 is 5.91 Å². The molecule has 154 valence electrons. The van der Waals surface area contributed by atoms with Crippen LogP contribution in [0, 0.1) is 5.92 Å². The van der Waals surface area contributed by atoms with Gasteiger partial charge in [0, 0.05) is 18.3 Å². The van der Waals surface area contributed by atoms with E-state index in [9.17, 15) is 4.79 Å². The van der Waals surface area contributed by atoms with Gasteiger partial charge in [-0.3, -0.25) is 9.78 Å². The molecule has 0 aliphatic carbocycles. The summed E-state index contributed by atoms with van der Waals surface area (Å²) in [5.41, 5.74) is 9.59. The van der Waals surface area contributed by atoms with Gasteiger partial charge in [0.15, 0.2) is 0 Å². The van der Waals surface area contributed by atoms with E-state index in [1.54, 1.807) is 19.5 Å². The summed E-state index contributed by atoms with van der Waals surface area (Å²) in [6.07, 6.45) is 3.48. The highest BCUT2D eigenvalue weighted by Gasteiger charge is 2.38. The predicted octanol–water partition coefficient (Wildman–Crippen LogP) is 3.15. The molecule has 1 aliphatic rings. The zero-order valence-corrected chi connectivity index (χ0v) is 17.1. The fourth-order valence-corrected chi connectivity index (χ4v) is 3.93. The van der Waals surface area contributed by atoms with Crippen molar-refractivity contribution in [3.63, 3.8) is 0 Å². The van der Waals surface area contributed by atoms with Crippen LogP contribution in [0.5, 0.6) is 5.75 Å². The van der Waals surface area contributed by atoms with E-state index in [4.69, 9.17) is 4.74 Å². The zero-order chi connectivity index (χ0) is 20.9. The Balaban J connectivity index is 1.55. The van der Waals surface area contributed by atoms with Gasteiger partial charge in [0.25, 0.3) is 0 Å². The highest BCUT2D eigenvalue weighted by molar-refractivity contribution is 5.83. The number of amides is 1. The van der Waals surface area contributed by atoms with Gasteiger partial charge in [-0.25, -0.2) is 10.9 Å². The molecule has 3 aromatic rings. The maximum Gasteiger partial charge on any atom is 0.239 e. The van der Waals surface area contributed by atoms with Gasteiger partial charge in [0.05, 0.1) is 19.2 Å². The largest absolute Gasteiger partial charge is 0.497 e. The number of carbonyl (C=O) groups is 1. The van der Waals surface area contributed by atoms with Crippen LogP contribution in [0.1, 0.15) is 35.7 Å². The van der Waals surface area contributed by atoms with Crippen LogP contribution in [0.2, 0.25) is 0 Å². The van der Waals surface area contributed by atoms with Gasteiger partial charge < -0.3 is 10.1 Å². The van der Waals surface area contributed by atoms with Crippen LogP contribution in [0.4, 0.5) is 0 Å². The molecule has 1 aliphatic heterocycles. The number of hydrogen-bond donors (Lipinski definition) is 3. The SMILES string of the molecule is COc1ccc(C(NC(=O)C2NNC(c3ccccc3)C2C)c2ccncc2)cc1. The minimum atomic E-state index is -0.349. The third kappa shape index (κ3) is 4.20. The average molecular weight is 402 g/mol. The molecule has 0 radical (unpaired) electrons. The Hall–Kier alpha value is -3.22. The molecule has 2 heterocycles. The monoisotopic (exact) mass is 402 g/mol. The first-order chi connectivity index (χ1) is 14.7. The fraction of sp³-hybridized carbons (Fsp3) is 0.250. The third-order valence-electron chi connectivity index (χ3n) is 5.66. The van der Waals surface area contributed by atoms with Gasteiger partial charge >= 0.3 is 0 Å². The summed E-state index contributed by atoms with van der Waals surface area (Å²) in [6.45, 7) is 2.09. The van der Waals surface area contributed by atoms with Crippen LogP contribution >= 0.6 is 0 Å². The maximum absolute atomic E-state index is 13.3. The maximum atomic E-state index is 13.3. The van der Waals surface area contributed by atoms with Gasteiger partial charge in [-0.2, -0.15) is 0 Å². The van der Waals surface area contributed by atoms with Crippen molar-refractivity contribution in [1.29, 1.82) is 0 Å². The number of nitrogens with zero attached hydrogens (tertiary/aromatic N) is 1. The van der Waals surface area contributed by atoms with Crippen molar-refractivity contribution in [2.75, 3.05) is 7.11 Å². The number of nitrogens with one attached hydrogen (secondary N) is 3. The molecule has 6 heteroatoms. The van der Waals surface area contributed by atoms with E-state index in [1.165, 1.54) is 0 Å². The Kier molecular flexibility index (Phi) is 6.07. The van der Waals surface area contributed by atoms with Gasteiger partial charge in [-0.1, -0.05) is 49.4 Å². The lowest BCUT2D eigenvalue weighted by atomic mass is 9.90. The van der Waals surface area contributed by atoms with Crippen molar-refractivity contribution in [2.45, 2.75) is 25.0 Å². The first kappa shape index (κ1) is 20.1. The number of pyridine rings is 1. The first-order valence-corrected chi connectivity index (χ1v) is 10.1. The van der Waals surface area contributed by atoms with Crippen molar-refractivity contribution in [3.8, 4) is 5.75 Å². The second-order valence-corrected chi connectivity index (χ2v) is 7.51. The molecule has 1 fully saturated rings. The number of benzene rings is 2.